The Morgan fingerprint density at radius 2 is 1.52 bits per heavy atom. The van der Waals surface area contributed by atoms with Crippen molar-refractivity contribution in [2.24, 2.45) is 17.3 Å². The molecule has 2 rings (SSSR count). The van der Waals surface area contributed by atoms with Crippen molar-refractivity contribution >= 4 is 5.97 Å². The molecule has 0 aliphatic heterocycles. The van der Waals surface area contributed by atoms with E-state index in [4.69, 9.17) is 4.74 Å². The van der Waals surface area contributed by atoms with Crippen LogP contribution in [0.2, 0.25) is 0 Å². The van der Waals surface area contributed by atoms with Gasteiger partial charge in [-0.3, -0.25) is 4.79 Å². The van der Waals surface area contributed by atoms with E-state index in [0.717, 1.165) is 6.92 Å². The first-order valence-corrected chi connectivity index (χ1v) is 6.58. The molecule has 1 aliphatic rings. The summed E-state index contributed by atoms with van der Waals surface area (Å²) < 4.78 is 58.9. The van der Waals surface area contributed by atoms with Crippen LogP contribution in [-0.2, 0) is 16.1 Å². The average Bonchev–Trinajstić information content (AvgIpc) is 2.92. The van der Waals surface area contributed by atoms with Gasteiger partial charge in [0.15, 0.2) is 23.3 Å². The first kappa shape index (κ1) is 15.8. The van der Waals surface area contributed by atoms with Crippen molar-refractivity contribution in [3.8, 4) is 0 Å². The minimum atomic E-state index is -1.53. The summed E-state index contributed by atoms with van der Waals surface area (Å²) >= 11 is 0. The lowest BCUT2D eigenvalue weighted by atomic mass is 10.1. The SMILES string of the molecule is Cc1c(F)c(F)c(COC(=O)C2C(C)C2(C)C)c(F)c1F. The molecule has 1 aromatic carbocycles. The van der Waals surface area contributed by atoms with Gasteiger partial charge in [0, 0.05) is 5.56 Å². The van der Waals surface area contributed by atoms with Crippen LogP contribution in [0.5, 0.6) is 0 Å². The van der Waals surface area contributed by atoms with Crippen LogP contribution >= 0.6 is 0 Å². The minimum Gasteiger partial charge on any atom is -0.460 e. The molecule has 1 saturated carbocycles. The fourth-order valence-corrected chi connectivity index (χ4v) is 2.55. The molecule has 0 aromatic heterocycles. The Bertz CT molecular complexity index is 581. The van der Waals surface area contributed by atoms with Crippen molar-refractivity contribution in [2.75, 3.05) is 0 Å². The molecule has 0 bridgehead atoms. The zero-order valence-electron chi connectivity index (χ0n) is 12.2. The maximum Gasteiger partial charge on any atom is 0.310 e. The molecule has 2 atom stereocenters. The van der Waals surface area contributed by atoms with Crippen LogP contribution in [0.15, 0.2) is 0 Å². The second-order valence-electron chi connectivity index (χ2n) is 6.05. The molecule has 0 radical (unpaired) electrons. The van der Waals surface area contributed by atoms with Crippen molar-refractivity contribution in [1.29, 1.82) is 0 Å². The summed E-state index contributed by atoms with van der Waals surface area (Å²) in [6, 6.07) is 0. The fraction of sp³-hybridized carbons (Fsp3) is 0.533. The predicted molar refractivity (Wildman–Crippen MR) is 67.2 cm³/mol. The van der Waals surface area contributed by atoms with E-state index in [9.17, 15) is 22.4 Å². The fourth-order valence-electron chi connectivity index (χ4n) is 2.55. The Hall–Kier alpha value is -1.59. The average molecular weight is 304 g/mol. The van der Waals surface area contributed by atoms with E-state index < -0.39 is 47.0 Å². The Labute approximate surface area is 120 Å². The van der Waals surface area contributed by atoms with Crippen LogP contribution in [-0.4, -0.2) is 5.97 Å². The van der Waals surface area contributed by atoms with Gasteiger partial charge < -0.3 is 4.74 Å². The van der Waals surface area contributed by atoms with E-state index in [1.54, 1.807) is 0 Å². The second-order valence-corrected chi connectivity index (χ2v) is 6.05. The molecule has 2 nitrogen and oxygen atoms in total. The third-order valence-corrected chi connectivity index (χ3v) is 4.55. The Balaban J connectivity index is 2.17. The molecule has 21 heavy (non-hydrogen) atoms. The maximum atomic E-state index is 13.6. The first-order chi connectivity index (χ1) is 9.60. The maximum absolute atomic E-state index is 13.6. The summed E-state index contributed by atoms with van der Waals surface area (Å²) in [4.78, 5) is 11.8. The molecule has 6 heteroatoms. The summed E-state index contributed by atoms with van der Waals surface area (Å²) in [6.07, 6.45) is 0. The highest BCUT2D eigenvalue weighted by Gasteiger charge is 2.59. The Morgan fingerprint density at radius 3 is 1.90 bits per heavy atom. The van der Waals surface area contributed by atoms with E-state index in [2.05, 4.69) is 0 Å². The predicted octanol–water partition coefficient (Wildman–Crippen LogP) is 3.89. The second kappa shape index (κ2) is 5.00. The van der Waals surface area contributed by atoms with Gasteiger partial charge >= 0.3 is 5.97 Å². The number of benzene rings is 1. The largest absolute Gasteiger partial charge is 0.460 e. The minimum absolute atomic E-state index is 0.0891. The Morgan fingerprint density at radius 1 is 1.10 bits per heavy atom. The van der Waals surface area contributed by atoms with Crippen LogP contribution in [0.3, 0.4) is 0 Å². The summed E-state index contributed by atoms with van der Waals surface area (Å²) in [7, 11) is 0. The van der Waals surface area contributed by atoms with E-state index in [1.165, 1.54) is 0 Å². The van der Waals surface area contributed by atoms with Gasteiger partial charge in [0.05, 0.1) is 11.5 Å². The summed E-state index contributed by atoms with van der Waals surface area (Å²) in [5.74, 6) is -6.90. The molecule has 0 saturated heterocycles. The molecule has 0 heterocycles. The highest BCUT2D eigenvalue weighted by Crippen LogP contribution is 2.58. The number of hydrogen-bond donors (Lipinski definition) is 0. The third kappa shape index (κ3) is 2.40. The molecule has 0 spiro atoms. The van der Waals surface area contributed by atoms with E-state index >= 15 is 0 Å². The zero-order chi connectivity index (χ0) is 16.1. The van der Waals surface area contributed by atoms with Crippen molar-refractivity contribution in [1.82, 2.24) is 0 Å². The van der Waals surface area contributed by atoms with Gasteiger partial charge in [-0.2, -0.15) is 0 Å². The number of halogens is 4. The van der Waals surface area contributed by atoms with E-state index in [-0.39, 0.29) is 17.3 Å². The van der Waals surface area contributed by atoms with E-state index in [1.807, 2.05) is 20.8 Å². The standard InChI is InChI=1S/C15H16F4O2/c1-6-10(16)12(18)8(13(19)11(6)17)5-21-14(20)9-7(2)15(9,3)4/h7,9H,5H2,1-4H3. The lowest BCUT2D eigenvalue weighted by Crippen LogP contribution is -2.14. The highest BCUT2D eigenvalue weighted by molar-refractivity contribution is 5.77. The molecule has 0 N–H and O–H groups in total. The van der Waals surface area contributed by atoms with Crippen molar-refractivity contribution in [3.63, 3.8) is 0 Å². The number of carbonyl (C=O) groups is 1. The molecule has 1 fully saturated rings. The van der Waals surface area contributed by atoms with Crippen LogP contribution in [0.4, 0.5) is 17.6 Å². The number of esters is 1. The van der Waals surface area contributed by atoms with Crippen LogP contribution in [0.25, 0.3) is 0 Å². The first-order valence-electron chi connectivity index (χ1n) is 6.58. The summed E-state index contributed by atoms with van der Waals surface area (Å²) in [5.41, 5.74) is -1.88. The molecular weight excluding hydrogens is 288 g/mol. The lowest BCUT2D eigenvalue weighted by molar-refractivity contribution is -0.147. The van der Waals surface area contributed by atoms with Crippen LogP contribution < -0.4 is 0 Å². The number of rotatable bonds is 3. The van der Waals surface area contributed by atoms with Crippen LogP contribution in [0, 0.1) is 47.4 Å². The monoisotopic (exact) mass is 304 g/mol. The zero-order valence-corrected chi connectivity index (χ0v) is 12.2. The normalized spacial score (nSPS) is 23.0. The number of carbonyl (C=O) groups excluding carboxylic acids is 1. The molecule has 1 aromatic rings. The molecular formula is C15H16F4O2. The van der Waals surface area contributed by atoms with Crippen LogP contribution in [0.1, 0.15) is 31.9 Å². The van der Waals surface area contributed by atoms with Gasteiger partial charge in [0.25, 0.3) is 0 Å². The van der Waals surface area contributed by atoms with Gasteiger partial charge in [-0.25, -0.2) is 17.6 Å². The summed E-state index contributed by atoms with van der Waals surface area (Å²) in [6.45, 7) is 5.70. The van der Waals surface area contributed by atoms with Crippen molar-refractivity contribution in [3.05, 3.63) is 34.4 Å². The van der Waals surface area contributed by atoms with Gasteiger partial charge in [0.2, 0.25) is 0 Å². The van der Waals surface area contributed by atoms with Gasteiger partial charge in [-0.15, -0.1) is 0 Å². The molecule has 1 aliphatic carbocycles. The topological polar surface area (TPSA) is 26.3 Å². The molecule has 2 unspecified atom stereocenters. The van der Waals surface area contributed by atoms with Gasteiger partial charge in [-0.1, -0.05) is 20.8 Å². The van der Waals surface area contributed by atoms with Gasteiger partial charge in [-0.05, 0) is 18.3 Å². The smallest absolute Gasteiger partial charge is 0.310 e. The lowest BCUT2D eigenvalue weighted by Gasteiger charge is -2.10. The molecule has 116 valence electrons. The quantitative estimate of drug-likeness (QED) is 0.481. The van der Waals surface area contributed by atoms with Crippen molar-refractivity contribution < 1.29 is 27.1 Å². The number of ether oxygens (including phenoxy) is 1. The summed E-state index contributed by atoms with van der Waals surface area (Å²) in [5, 5.41) is 0. The van der Waals surface area contributed by atoms with E-state index in [0.29, 0.717) is 0 Å². The number of hydrogen-bond acceptors (Lipinski definition) is 2. The highest BCUT2D eigenvalue weighted by atomic mass is 19.2. The van der Waals surface area contributed by atoms with Crippen molar-refractivity contribution in [2.45, 2.75) is 34.3 Å². The van der Waals surface area contributed by atoms with Gasteiger partial charge in [0.1, 0.15) is 6.61 Å². The third-order valence-electron chi connectivity index (χ3n) is 4.55. The Kier molecular flexibility index (Phi) is 3.76. The molecule has 0 amide bonds.